The smallest absolute Gasteiger partial charge is 0.335 e. The van der Waals surface area contributed by atoms with Crippen LogP contribution in [0.25, 0.3) is 0 Å². The maximum absolute atomic E-state index is 10.5. The van der Waals surface area contributed by atoms with Crippen molar-refractivity contribution in [2.24, 2.45) is 0 Å². The second kappa shape index (κ2) is 3.01. The first-order valence-electron chi connectivity index (χ1n) is 3.98. The van der Waals surface area contributed by atoms with Crippen LogP contribution in [0.3, 0.4) is 0 Å². The van der Waals surface area contributed by atoms with E-state index in [0.29, 0.717) is 6.54 Å². The van der Waals surface area contributed by atoms with Gasteiger partial charge in [-0.15, -0.1) is 0 Å². The van der Waals surface area contributed by atoms with Gasteiger partial charge in [0.15, 0.2) is 6.10 Å². The van der Waals surface area contributed by atoms with Gasteiger partial charge in [-0.2, -0.15) is 0 Å². The molecule has 2 saturated heterocycles. The van der Waals surface area contributed by atoms with E-state index in [1.165, 1.54) is 0 Å². The largest absolute Gasteiger partial charge is 0.479 e. The van der Waals surface area contributed by atoms with E-state index < -0.39 is 12.1 Å². The molecule has 2 aliphatic rings. The second-order valence-electron chi connectivity index (χ2n) is 3.03. The average Bonchev–Trinajstić information content (AvgIpc) is 2.49. The first-order valence-corrected chi connectivity index (χ1v) is 3.98. The van der Waals surface area contributed by atoms with Gasteiger partial charge in [0.2, 0.25) is 0 Å². The number of nitrogens with one attached hydrogen (secondary N) is 1. The molecule has 0 radical (unpaired) electrons. The summed E-state index contributed by atoms with van der Waals surface area (Å²) in [5.41, 5.74) is 0. The van der Waals surface area contributed by atoms with Crippen molar-refractivity contribution in [3.05, 3.63) is 0 Å². The van der Waals surface area contributed by atoms with Gasteiger partial charge in [-0.25, -0.2) is 4.79 Å². The van der Waals surface area contributed by atoms with Gasteiger partial charge in [0.1, 0.15) is 0 Å². The summed E-state index contributed by atoms with van der Waals surface area (Å²) in [5.74, 6) is -0.944. The Labute approximate surface area is 69.6 Å². The highest BCUT2D eigenvalue weighted by Crippen LogP contribution is 2.17. The zero-order valence-electron chi connectivity index (χ0n) is 6.53. The fraction of sp³-hybridized carbons (Fsp3) is 0.857. The van der Waals surface area contributed by atoms with E-state index >= 15 is 0 Å². The Morgan fingerprint density at radius 3 is 2.92 bits per heavy atom. The van der Waals surface area contributed by atoms with Gasteiger partial charge < -0.3 is 19.9 Å². The summed E-state index contributed by atoms with van der Waals surface area (Å²) in [6, 6.07) is 0. The van der Waals surface area contributed by atoms with Gasteiger partial charge in [0.25, 0.3) is 0 Å². The molecule has 0 aliphatic carbocycles. The van der Waals surface area contributed by atoms with Crippen molar-refractivity contribution in [2.45, 2.75) is 18.3 Å². The third-order valence-electron chi connectivity index (χ3n) is 2.18. The molecule has 3 unspecified atom stereocenters. The summed E-state index contributed by atoms with van der Waals surface area (Å²) < 4.78 is 10.6. The van der Waals surface area contributed by atoms with Gasteiger partial charge in [0.05, 0.1) is 18.8 Å². The highest BCUT2D eigenvalue weighted by molar-refractivity contribution is 5.72. The van der Waals surface area contributed by atoms with Crippen LogP contribution in [0.1, 0.15) is 0 Å². The van der Waals surface area contributed by atoms with Crippen LogP contribution in [0, 0.1) is 0 Å². The minimum absolute atomic E-state index is 0.0422. The predicted molar refractivity (Wildman–Crippen MR) is 38.9 cm³/mol. The molecule has 0 aromatic rings. The molecule has 0 spiro atoms. The number of carbonyl (C=O) groups is 1. The van der Waals surface area contributed by atoms with Gasteiger partial charge in [-0.1, -0.05) is 0 Å². The highest BCUT2D eigenvalue weighted by atomic mass is 16.6. The molecule has 5 heteroatoms. The Morgan fingerprint density at radius 1 is 1.42 bits per heavy atom. The molecule has 68 valence electrons. The molecule has 0 saturated carbocycles. The molecule has 2 aliphatic heterocycles. The van der Waals surface area contributed by atoms with E-state index in [9.17, 15) is 4.79 Å². The Morgan fingerprint density at radius 2 is 2.17 bits per heavy atom. The Kier molecular flexibility index (Phi) is 2.00. The minimum Gasteiger partial charge on any atom is -0.479 e. The molecule has 2 fully saturated rings. The SMILES string of the molecule is O=C(O)C1COC2CNCC2O1. The summed E-state index contributed by atoms with van der Waals surface area (Å²) in [5, 5.41) is 11.7. The average molecular weight is 173 g/mol. The number of hydrogen-bond acceptors (Lipinski definition) is 4. The maximum atomic E-state index is 10.5. The van der Waals surface area contributed by atoms with Crippen LogP contribution in [0.4, 0.5) is 0 Å². The highest BCUT2D eigenvalue weighted by Gasteiger charge is 2.38. The lowest BCUT2D eigenvalue weighted by Crippen LogP contribution is -2.45. The van der Waals surface area contributed by atoms with Crippen LogP contribution in [0.5, 0.6) is 0 Å². The first kappa shape index (κ1) is 7.97. The van der Waals surface area contributed by atoms with E-state index in [0.717, 1.165) is 6.54 Å². The van der Waals surface area contributed by atoms with Crippen LogP contribution in [0.15, 0.2) is 0 Å². The number of carboxylic acids is 1. The third-order valence-corrected chi connectivity index (χ3v) is 2.18. The van der Waals surface area contributed by atoms with Crippen LogP contribution < -0.4 is 5.32 Å². The predicted octanol–water partition coefficient (Wildman–Crippen LogP) is -1.17. The first-order chi connectivity index (χ1) is 5.77. The second-order valence-corrected chi connectivity index (χ2v) is 3.03. The maximum Gasteiger partial charge on any atom is 0.335 e. The lowest BCUT2D eigenvalue weighted by molar-refractivity contribution is -0.187. The number of ether oxygens (including phenoxy) is 2. The van der Waals surface area contributed by atoms with Crippen molar-refractivity contribution >= 4 is 5.97 Å². The Balaban J connectivity index is 1.96. The van der Waals surface area contributed by atoms with Gasteiger partial charge in [0, 0.05) is 13.1 Å². The summed E-state index contributed by atoms with van der Waals surface area (Å²) in [4.78, 5) is 10.5. The molecule has 3 atom stereocenters. The Bertz CT molecular complexity index is 196. The van der Waals surface area contributed by atoms with Crippen molar-refractivity contribution in [1.82, 2.24) is 5.32 Å². The third kappa shape index (κ3) is 1.31. The van der Waals surface area contributed by atoms with Crippen molar-refractivity contribution in [3.8, 4) is 0 Å². The number of rotatable bonds is 1. The van der Waals surface area contributed by atoms with E-state index in [4.69, 9.17) is 14.6 Å². The van der Waals surface area contributed by atoms with Crippen LogP contribution in [-0.2, 0) is 14.3 Å². The zero-order valence-corrected chi connectivity index (χ0v) is 6.53. The molecule has 0 amide bonds. The molecule has 2 N–H and O–H groups in total. The molecule has 5 nitrogen and oxygen atoms in total. The fourth-order valence-electron chi connectivity index (χ4n) is 1.52. The summed E-state index contributed by atoms with van der Waals surface area (Å²) in [6.45, 7) is 1.61. The normalized spacial score (nSPS) is 40.8. The van der Waals surface area contributed by atoms with E-state index in [2.05, 4.69) is 5.32 Å². The summed E-state index contributed by atoms with van der Waals surface area (Å²) in [7, 11) is 0. The molecule has 2 rings (SSSR count). The molecular formula is C7H11NO4. The lowest BCUT2D eigenvalue weighted by Gasteiger charge is -2.29. The minimum atomic E-state index is -0.944. The number of aliphatic carboxylic acids is 1. The summed E-state index contributed by atoms with van der Waals surface area (Å²) in [6.07, 6.45) is -0.827. The topological polar surface area (TPSA) is 67.8 Å². The van der Waals surface area contributed by atoms with Gasteiger partial charge in [-0.3, -0.25) is 0 Å². The quantitative estimate of drug-likeness (QED) is 0.523. The van der Waals surface area contributed by atoms with Gasteiger partial charge >= 0.3 is 5.97 Å². The molecular weight excluding hydrogens is 162 g/mol. The monoisotopic (exact) mass is 173 g/mol. The van der Waals surface area contributed by atoms with Crippen molar-refractivity contribution < 1.29 is 19.4 Å². The fourth-order valence-corrected chi connectivity index (χ4v) is 1.52. The van der Waals surface area contributed by atoms with Crippen molar-refractivity contribution in [1.29, 1.82) is 0 Å². The molecule has 2 heterocycles. The number of fused-ring (bicyclic) bond motifs is 1. The van der Waals surface area contributed by atoms with Gasteiger partial charge in [-0.05, 0) is 0 Å². The van der Waals surface area contributed by atoms with E-state index in [-0.39, 0.29) is 18.8 Å². The van der Waals surface area contributed by atoms with E-state index in [1.807, 2.05) is 0 Å². The standard InChI is InChI=1S/C7H11NO4/c9-7(10)6-3-11-4-1-8-2-5(4)12-6/h4-6,8H,1-3H2,(H,9,10). The number of carboxylic acid groups (broad SMARTS) is 1. The van der Waals surface area contributed by atoms with Crippen LogP contribution in [0.2, 0.25) is 0 Å². The number of hydrogen-bond donors (Lipinski definition) is 2. The zero-order chi connectivity index (χ0) is 8.55. The van der Waals surface area contributed by atoms with E-state index in [1.54, 1.807) is 0 Å². The van der Waals surface area contributed by atoms with Crippen molar-refractivity contribution in [2.75, 3.05) is 19.7 Å². The Hall–Kier alpha value is -0.650. The van der Waals surface area contributed by atoms with Crippen LogP contribution >= 0.6 is 0 Å². The van der Waals surface area contributed by atoms with Crippen molar-refractivity contribution in [3.63, 3.8) is 0 Å². The lowest BCUT2D eigenvalue weighted by atomic mass is 10.2. The molecule has 0 bridgehead atoms. The molecule has 0 aromatic heterocycles. The molecule has 0 aromatic carbocycles. The van der Waals surface area contributed by atoms with Crippen LogP contribution in [-0.4, -0.2) is 49.1 Å². The molecule has 12 heavy (non-hydrogen) atoms. The summed E-state index contributed by atoms with van der Waals surface area (Å²) >= 11 is 0.